The van der Waals surface area contributed by atoms with Crippen LogP contribution in [-0.2, 0) is 26.2 Å². The van der Waals surface area contributed by atoms with Crippen molar-refractivity contribution in [2.24, 2.45) is 0 Å². The van der Waals surface area contributed by atoms with Crippen LogP contribution in [0.5, 0.6) is 0 Å². The third-order valence-electron chi connectivity index (χ3n) is 5.69. The van der Waals surface area contributed by atoms with Crippen LogP contribution in [0.15, 0.2) is 82.2 Å². The third-order valence-corrected chi connectivity index (χ3v) is 8.75. The summed E-state index contributed by atoms with van der Waals surface area (Å²) in [4.78, 5) is 28.0. The molecule has 0 radical (unpaired) electrons. The van der Waals surface area contributed by atoms with Crippen molar-refractivity contribution in [3.05, 3.63) is 92.9 Å². The Morgan fingerprint density at radius 1 is 0.973 bits per heavy atom. The summed E-state index contributed by atoms with van der Waals surface area (Å²) in [5.74, 6) is -0.916. The van der Waals surface area contributed by atoms with Crippen molar-refractivity contribution >= 4 is 66.7 Å². The molecular weight excluding hydrogens is 601 g/mol. The molecule has 1 unspecified atom stereocenters. The molecule has 1 atom stereocenters. The molecule has 196 valence electrons. The van der Waals surface area contributed by atoms with E-state index in [2.05, 4.69) is 21.2 Å². The van der Waals surface area contributed by atoms with E-state index in [1.54, 1.807) is 67.6 Å². The number of likely N-dealkylation sites (N-methyl/N-ethyl adjacent to an activating group) is 1. The molecule has 0 aliphatic carbocycles. The third kappa shape index (κ3) is 7.04. The number of nitrogens with zero attached hydrogens (tertiary/aromatic N) is 2. The van der Waals surface area contributed by atoms with E-state index in [-0.39, 0.29) is 17.3 Å². The highest BCUT2D eigenvalue weighted by atomic mass is 79.9. The van der Waals surface area contributed by atoms with Crippen molar-refractivity contribution in [2.45, 2.75) is 30.8 Å². The summed E-state index contributed by atoms with van der Waals surface area (Å²) in [5.41, 5.74) is 0.953. The predicted octanol–water partition coefficient (Wildman–Crippen LogP) is 5.50. The molecule has 3 rings (SSSR count). The minimum atomic E-state index is -4.11. The maximum atomic E-state index is 13.8. The fraction of sp³-hybridized carbons (Fsp3) is 0.231. The van der Waals surface area contributed by atoms with Gasteiger partial charge in [-0.1, -0.05) is 70.3 Å². The smallest absolute Gasteiger partial charge is 0.264 e. The topological polar surface area (TPSA) is 86.8 Å². The molecular formula is C26H26BrCl2N3O4S. The molecule has 1 N–H and O–H groups in total. The molecule has 7 nitrogen and oxygen atoms in total. The molecule has 37 heavy (non-hydrogen) atoms. The van der Waals surface area contributed by atoms with Crippen molar-refractivity contribution in [1.29, 1.82) is 0 Å². The van der Waals surface area contributed by atoms with Gasteiger partial charge in [-0.15, -0.1) is 0 Å². The van der Waals surface area contributed by atoms with Gasteiger partial charge in [0.1, 0.15) is 12.6 Å². The van der Waals surface area contributed by atoms with Crippen LogP contribution in [0.2, 0.25) is 10.0 Å². The van der Waals surface area contributed by atoms with Crippen LogP contribution in [0.3, 0.4) is 0 Å². The molecule has 3 aromatic carbocycles. The molecule has 11 heteroatoms. The zero-order valence-corrected chi connectivity index (χ0v) is 24.1. The molecule has 0 spiro atoms. The van der Waals surface area contributed by atoms with Crippen LogP contribution in [0.4, 0.5) is 5.69 Å². The Balaban J connectivity index is 2.05. The quantitative estimate of drug-likeness (QED) is 0.322. The van der Waals surface area contributed by atoms with Crippen LogP contribution < -0.4 is 9.62 Å². The number of nitrogens with one attached hydrogen (secondary N) is 1. The summed E-state index contributed by atoms with van der Waals surface area (Å²) in [5, 5.41) is 3.25. The number of halogens is 3. The maximum absolute atomic E-state index is 13.8. The highest BCUT2D eigenvalue weighted by Crippen LogP contribution is 2.27. The highest BCUT2D eigenvalue weighted by molar-refractivity contribution is 9.10. The van der Waals surface area contributed by atoms with Gasteiger partial charge in [-0.3, -0.25) is 13.9 Å². The monoisotopic (exact) mass is 625 g/mol. The average Bonchev–Trinajstić information content (AvgIpc) is 2.89. The molecule has 0 aliphatic heterocycles. The number of rotatable bonds is 10. The Hall–Kier alpha value is -2.59. The fourth-order valence-corrected chi connectivity index (χ4v) is 5.80. The van der Waals surface area contributed by atoms with Crippen molar-refractivity contribution in [3.8, 4) is 0 Å². The summed E-state index contributed by atoms with van der Waals surface area (Å²) >= 11 is 15.6. The summed E-state index contributed by atoms with van der Waals surface area (Å²) < 4.78 is 29.2. The average molecular weight is 627 g/mol. The van der Waals surface area contributed by atoms with Crippen LogP contribution in [0, 0.1) is 0 Å². The first-order valence-corrected chi connectivity index (χ1v) is 14.4. The molecule has 3 aromatic rings. The second-order valence-corrected chi connectivity index (χ2v) is 11.7. The number of sulfonamides is 1. The van der Waals surface area contributed by atoms with E-state index in [4.69, 9.17) is 23.2 Å². The first-order chi connectivity index (χ1) is 17.6. The van der Waals surface area contributed by atoms with Crippen molar-refractivity contribution < 1.29 is 18.0 Å². The minimum absolute atomic E-state index is 0.0290. The first kappa shape index (κ1) is 29.0. The zero-order chi connectivity index (χ0) is 27.2. The Kier molecular flexibility index (Phi) is 10.0. The second-order valence-electron chi connectivity index (χ2n) is 8.11. The van der Waals surface area contributed by atoms with E-state index in [0.717, 1.165) is 8.78 Å². The van der Waals surface area contributed by atoms with E-state index >= 15 is 0 Å². The van der Waals surface area contributed by atoms with E-state index < -0.39 is 28.5 Å². The molecule has 0 fully saturated rings. The van der Waals surface area contributed by atoms with E-state index in [9.17, 15) is 18.0 Å². The number of amides is 2. The van der Waals surface area contributed by atoms with Gasteiger partial charge >= 0.3 is 0 Å². The van der Waals surface area contributed by atoms with Crippen molar-refractivity contribution in [2.75, 3.05) is 17.9 Å². The Morgan fingerprint density at radius 2 is 1.62 bits per heavy atom. The molecule has 0 bridgehead atoms. The van der Waals surface area contributed by atoms with Crippen LogP contribution in [-0.4, -0.2) is 44.8 Å². The van der Waals surface area contributed by atoms with E-state index in [1.807, 2.05) is 0 Å². The van der Waals surface area contributed by atoms with E-state index in [0.29, 0.717) is 27.7 Å². The number of hydrogen-bond donors (Lipinski definition) is 1. The number of carbonyl (C=O) groups excluding carboxylic acids is 2. The highest BCUT2D eigenvalue weighted by Gasteiger charge is 2.33. The van der Waals surface area contributed by atoms with Crippen LogP contribution >= 0.6 is 39.1 Å². The normalized spacial score (nSPS) is 12.0. The number of hydrogen-bond acceptors (Lipinski definition) is 4. The summed E-state index contributed by atoms with van der Waals surface area (Å²) in [7, 11) is -2.62. The first-order valence-electron chi connectivity index (χ1n) is 11.4. The Morgan fingerprint density at radius 3 is 2.19 bits per heavy atom. The van der Waals surface area contributed by atoms with Gasteiger partial charge in [0.2, 0.25) is 11.8 Å². The lowest BCUT2D eigenvalue weighted by atomic mass is 10.1. The lowest BCUT2D eigenvalue weighted by Gasteiger charge is -2.33. The molecule has 0 saturated carbocycles. The summed E-state index contributed by atoms with van der Waals surface area (Å²) in [6, 6.07) is 18.6. The van der Waals surface area contributed by atoms with Crippen LogP contribution in [0.1, 0.15) is 18.9 Å². The fourth-order valence-electron chi connectivity index (χ4n) is 3.78. The number of anilines is 1. The largest absolute Gasteiger partial charge is 0.357 e. The van der Waals surface area contributed by atoms with Gasteiger partial charge in [-0.2, -0.15) is 0 Å². The van der Waals surface area contributed by atoms with Crippen molar-refractivity contribution in [3.63, 3.8) is 0 Å². The minimum Gasteiger partial charge on any atom is -0.357 e. The second kappa shape index (κ2) is 12.8. The lowest BCUT2D eigenvalue weighted by Crippen LogP contribution is -2.51. The predicted molar refractivity (Wildman–Crippen MR) is 150 cm³/mol. The van der Waals surface area contributed by atoms with Gasteiger partial charge in [0.05, 0.1) is 20.6 Å². The summed E-state index contributed by atoms with van der Waals surface area (Å²) in [6.07, 6.45) is 0.316. The number of benzene rings is 3. The molecule has 0 aliphatic rings. The Bertz CT molecular complexity index is 1360. The Labute approximate surface area is 235 Å². The maximum Gasteiger partial charge on any atom is 0.264 e. The number of carbonyl (C=O) groups is 2. The lowest BCUT2D eigenvalue weighted by molar-refractivity contribution is -0.140. The summed E-state index contributed by atoms with van der Waals surface area (Å²) in [6.45, 7) is 1.29. The standard InChI is InChI=1S/C26H26BrCl2N3O4S/c1-3-24(26(34)30-2)31(16-18-9-14-22(28)23(29)15-18)25(33)17-32(20-12-10-19(27)11-13-20)37(35,36)21-7-5-4-6-8-21/h4-15,24H,3,16-17H2,1-2H3,(H,30,34). The van der Waals surface area contributed by atoms with Gasteiger partial charge in [-0.25, -0.2) is 8.42 Å². The van der Waals surface area contributed by atoms with Gasteiger partial charge in [-0.05, 0) is 60.5 Å². The molecule has 0 saturated heterocycles. The van der Waals surface area contributed by atoms with Gasteiger partial charge < -0.3 is 10.2 Å². The molecule has 0 aromatic heterocycles. The van der Waals surface area contributed by atoms with E-state index in [1.165, 1.54) is 24.1 Å². The molecule has 2 amide bonds. The van der Waals surface area contributed by atoms with Gasteiger partial charge in [0.25, 0.3) is 10.0 Å². The van der Waals surface area contributed by atoms with Gasteiger partial charge in [0.15, 0.2) is 0 Å². The van der Waals surface area contributed by atoms with Crippen molar-refractivity contribution in [1.82, 2.24) is 10.2 Å². The molecule has 0 heterocycles. The van der Waals surface area contributed by atoms with Gasteiger partial charge in [0, 0.05) is 18.1 Å². The SMILES string of the molecule is CCC(C(=O)NC)N(Cc1ccc(Cl)c(Cl)c1)C(=O)CN(c1ccc(Br)cc1)S(=O)(=O)c1ccccc1. The van der Waals surface area contributed by atoms with Crippen LogP contribution in [0.25, 0.3) is 0 Å². The zero-order valence-electron chi connectivity index (χ0n) is 20.2.